The molecule has 0 rings (SSSR count). The van der Waals surface area contributed by atoms with Crippen LogP contribution in [0.1, 0.15) is 59.3 Å². The van der Waals surface area contributed by atoms with Gasteiger partial charge in [-0.25, -0.2) is 4.79 Å². The molecule has 0 aromatic rings. The Balaban J connectivity index is 3.75. The monoisotopic (exact) mass is 259 g/mol. The summed E-state index contributed by atoms with van der Waals surface area (Å²) in [6.45, 7) is 9.60. The topological polar surface area (TPSA) is 49.8 Å². The van der Waals surface area contributed by atoms with Crippen LogP contribution in [-0.4, -0.2) is 41.9 Å². The Morgan fingerprint density at radius 1 is 1.11 bits per heavy atom. The van der Waals surface area contributed by atoms with Crippen LogP contribution in [0.2, 0.25) is 0 Å². The van der Waals surface area contributed by atoms with Crippen molar-refractivity contribution < 1.29 is 14.6 Å². The molecule has 0 aromatic carbocycles. The van der Waals surface area contributed by atoms with E-state index in [0.717, 1.165) is 32.5 Å². The van der Waals surface area contributed by atoms with E-state index in [1.54, 1.807) is 0 Å². The molecule has 0 aliphatic rings. The van der Waals surface area contributed by atoms with Crippen molar-refractivity contribution in [3.63, 3.8) is 0 Å². The Hall–Kier alpha value is -0.770. The fourth-order valence-electron chi connectivity index (χ4n) is 1.93. The van der Waals surface area contributed by atoms with Gasteiger partial charge >= 0.3 is 6.16 Å². The predicted molar refractivity (Wildman–Crippen MR) is 74.1 cm³/mol. The number of rotatable bonds is 11. The molecule has 0 radical (unpaired) electrons. The minimum Gasteiger partial charge on any atom is -0.450 e. The largest absolute Gasteiger partial charge is 0.506 e. The number of carboxylic acid groups (broad SMARTS) is 1. The van der Waals surface area contributed by atoms with Gasteiger partial charge in [-0.2, -0.15) is 0 Å². The molecule has 0 heterocycles. The summed E-state index contributed by atoms with van der Waals surface area (Å²) in [5.41, 5.74) is 0. The maximum atomic E-state index is 10.4. The first kappa shape index (κ1) is 17.2. The summed E-state index contributed by atoms with van der Waals surface area (Å²) in [6, 6.07) is 0. The number of ether oxygens (including phenoxy) is 1. The molecule has 0 aliphatic heterocycles. The second-order valence-electron chi connectivity index (χ2n) is 4.89. The van der Waals surface area contributed by atoms with E-state index in [2.05, 4.69) is 18.7 Å². The van der Waals surface area contributed by atoms with Gasteiger partial charge in [-0.3, -0.25) is 0 Å². The number of unbranched alkanes of at least 4 members (excludes halogenated alkanes) is 2. The van der Waals surface area contributed by atoms with Crippen LogP contribution in [0, 0.1) is 0 Å². The van der Waals surface area contributed by atoms with Crippen LogP contribution in [0.15, 0.2) is 0 Å². The highest BCUT2D eigenvalue weighted by Crippen LogP contribution is 2.06. The summed E-state index contributed by atoms with van der Waals surface area (Å²) in [7, 11) is 0. The van der Waals surface area contributed by atoms with Crippen molar-refractivity contribution in [1.82, 2.24) is 4.90 Å². The normalized spacial score (nSPS) is 12.7. The molecule has 0 amide bonds. The quantitative estimate of drug-likeness (QED) is 0.574. The molecule has 0 aromatic heterocycles. The zero-order chi connectivity index (χ0) is 13.8. The molecule has 0 bridgehead atoms. The van der Waals surface area contributed by atoms with Gasteiger partial charge in [0.15, 0.2) is 0 Å². The van der Waals surface area contributed by atoms with Gasteiger partial charge in [0.2, 0.25) is 0 Å². The summed E-state index contributed by atoms with van der Waals surface area (Å²) in [6.07, 6.45) is 5.37. The molecule has 0 fully saturated rings. The molecule has 18 heavy (non-hydrogen) atoms. The highest BCUT2D eigenvalue weighted by molar-refractivity contribution is 5.56. The van der Waals surface area contributed by atoms with Crippen LogP contribution < -0.4 is 0 Å². The van der Waals surface area contributed by atoms with Gasteiger partial charge in [0.1, 0.15) is 6.10 Å². The van der Waals surface area contributed by atoms with E-state index in [4.69, 9.17) is 9.84 Å². The van der Waals surface area contributed by atoms with E-state index in [9.17, 15) is 4.79 Å². The zero-order valence-electron chi connectivity index (χ0n) is 12.2. The van der Waals surface area contributed by atoms with Crippen molar-refractivity contribution in [2.24, 2.45) is 0 Å². The van der Waals surface area contributed by atoms with Gasteiger partial charge in [-0.15, -0.1) is 0 Å². The fraction of sp³-hybridized carbons (Fsp3) is 0.929. The van der Waals surface area contributed by atoms with Gasteiger partial charge in [-0.1, -0.05) is 26.7 Å². The molecule has 1 unspecified atom stereocenters. The van der Waals surface area contributed by atoms with Crippen LogP contribution in [0.4, 0.5) is 4.79 Å². The summed E-state index contributed by atoms with van der Waals surface area (Å²) >= 11 is 0. The van der Waals surface area contributed by atoms with Gasteiger partial charge in [0.25, 0.3) is 0 Å². The maximum Gasteiger partial charge on any atom is 0.506 e. The minimum atomic E-state index is -1.17. The highest BCUT2D eigenvalue weighted by atomic mass is 16.7. The van der Waals surface area contributed by atoms with E-state index >= 15 is 0 Å². The molecule has 1 atom stereocenters. The van der Waals surface area contributed by atoms with Crippen LogP contribution in [-0.2, 0) is 4.74 Å². The Morgan fingerprint density at radius 3 is 2.06 bits per heavy atom. The third kappa shape index (κ3) is 10.4. The Bertz CT molecular complexity index is 201. The van der Waals surface area contributed by atoms with Crippen molar-refractivity contribution in [2.75, 3.05) is 19.6 Å². The lowest BCUT2D eigenvalue weighted by Crippen LogP contribution is -2.28. The highest BCUT2D eigenvalue weighted by Gasteiger charge is 2.09. The van der Waals surface area contributed by atoms with Crippen molar-refractivity contribution in [2.45, 2.75) is 65.4 Å². The molecule has 0 saturated carbocycles. The number of carbonyl (C=O) groups is 1. The van der Waals surface area contributed by atoms with E-state index in [-0.39, 0.29) is 6.10 Å². The van der Waals surface area contributed by atoms with Crippen molar-refractivity contribution in [3.05, 3.63) is 0 Å². The molecule has 4 nitrogen and oxygen atoms in total. The van der Waals surface area contributed by atoms with Crippen molar-refractivity contribution >= 4 is 6.16 Å². The van der Waals surface area contributed by atoms with Crippen LogP contribution in [0.25, 0.3) is 0 Å². The first-order valence-corrected chi connectivity index (χ1v) is 7.22. The Labute approximate surface area is 111 Å². The number of hydrogen-bond acceptors (Lipinski definition) is 3. The first-order chi connectivity index (χ1) is 8.60. The Morgan fingerprint density at radius 2 is 1.61 bits per heavy atom. The van der Waals surface area contributed by atoms with Crippen LogP contribution in [0.5, 0.6) is 0 Å². The summed E-state index contributed by atoms with van der Waals surface area (Å²) in [5.74, 6) is 0. The molecular formula is C14H29NO3. The van der Waals surface area contributed by atoms with Crippen molar-refractivity contribution in [1.29, 1.82) is 0 Å². The van der Waals surface area contributed by atoms with E-state index in [0.29, 0.717) is 0 Å². The average molecular weight is 259 g/mol. The lowest BCUT2D eigenvalue weighted by molar-refractivity contribution is 0.0537. The van der Waals surface area contributed by atoms with Gasteiger partial charge in [0, 0.05) is 0 Å². The van der Waals surface area contributed by atoms with Gasteiger partial charge < -0.3 is 14.7 Å². The predicted octanol–water partition coefficient (Wildman–Crippen LogP) is 3.75. The minimum absolute atomic E-state index is 0.193. The smallest absolute Gasteiger partial charge is 0.450 e. The standard InChI is InChI=1S/C14H29NO3/c1-4-6-10-15(11-7-5-2)12-8-9-13(3)18-14(16)17/h13H,4-12H2,1-3H3,(H,16,17). The van der Waals surface area contributed by atoms with Crippen LogP contribution in [0.3, 0.4) is 0 Å². The van der Waals surface area contributed by atoms with E-state index in [1.807, 2.05) is 6.92 Å². The SMILES string of the molecule is CCCCN(CCCC)CCCC(C)OC(=O)O. The molecule has 0 spiro atoms. The third-order valence-corrected chi connectivity index (χ3v) is 3.04. The molecular weight excluding hydrogens is 230 g/mol. The third-order valence-electron chi connectivity index (χ3n) is 3.04. The lowest BCUT2D eigenvalue weighted by Gasteiger charge is -2.22. The number of hydrogen-bond donors (Lipinski definition) is 1. The van der Waals surface area contributed by atoms with Gasteiger partial charge in [-0.05, 0) is 52.2 Å². The second-order valence-corrected chi connectivity index (χ2v) is 4.89. The van der Waals surface area contributed by atoms with Crippen LogP contribution >= 0.6 is 0 Å². The summed E-state index contributed by atoms with van der Waals surface area (Å²) < 4.78 is 4.69. The second kappa shape index (κ2) is 11.3. The summed E-state index contributed by atoms with van der Waals surface area (Å²) in [4.78, 5) is 12.8. The van der Waals surface area contributed by atoms with Gasteiger partial charge in [0.05, 0.1) is 0 Å². The Kier molecular flexibility index (Phi) is 10.8. The maximum absolute atomic E-state index is 10.4. The average Bonchev–Trinajstić information content (AvgIpc) is 2.31. The van der Waals surface area contributed by atoms with Crippen molar-refractivity contribution in [3.8, 4) is 0 Å². The molecule has 108 valence electrons. The lowest BCUT2D eigenvalue weighted by atomic mass is 10.2. The summed E-state index contributed by atoms with van der Waals surface area (Å²) in [5, 5.41) is 8.49. The van der Waals surface area contributed by atoms with E-state index in [1.165, 1.54) is 25.7 Å². The van der Waals surface area contributed by atoms with E-state index < -0.39 is 6.16 Å². The first-order valence-electron chi connectivity index (χ1n) is 7.22. The molecule has 0 saturated heterocycles. The molecule has 4 heteroatoms. The molecule has 0 aliphatic carbocycles. The zero-order valence-corrected chi connectivity index (χ0v) is 12.2. The number of nitrogens with zero attached hydrogens (tertiary/aromatic N) is 1. The molecule has 1 N–H and O–H groups in total. The fourth-order valence-corrected chi connectivity index (χ4v) is 1.93.